The first-order valence-corrected chi connectivity index (χ1v) is 11.1. The highest BCUT2D eigenvalue weighted by molar-refractivity contribution is 7.80. The van der Waals surface area contributed by atoms with Gasteiger partial charge in [-0.3, -0.25) is 14.4 Å². The summed E-state index contributed by atoms with van der Waals surface area (Å²) in [6.07, 6.45) is 5.20. The number of rotatable bonds is 7. The van der Waals surface area contributed by atoms with Gasteiger partial charge in [-0.2, -0.15) is 5.10 Å². The van der Waals surface area contributed by atoms with Crippen molar-refractivity contribution in [1.29, 1.82) is 0 Å². The summed E-state index contributed by atoms with van der Waals surface area (Å²) in [6.45, 7) is 3.17. The number of hydrogen-bond donors (Lipinski definition) is 1. The van der Waals surface area contributed by atoms with Crippen molar-refractivity contribution < 1.29 is 13.9 Å². The van der Waals surface area contributed by atoms with Crippen LogP contribution in [0.15, 0.2) is 46.8 Å². The van der Waals surface area contributed by atoms with Crippen molar-refractivity contribution in [3.63, 3.8) is 0 Å². The van der Waals surface area contributed by atoms with Crippen LogP contribution in [0.3, 0.4) is 0 Å². The minimum atomic E-state index is -0.242. The molecule has 0 unspecified atom stereocenters. The van der Waals surface area contributed by atoms with E-state index in [2.05, 4.69) is 10.4 Å². The summed E-state index contributed by atoms with van der Waals surface area (Å²) < 4.78 is 13.2. The number of hydrogen-bond acceptors (Lipinski definition) is 5. The fraction of sp³-hybridized carbons (Fsp3) is 0.190. The predicted octanol–water partition coefficient (Wildman–Crippen LogP) is 5.29. The smallest absolute Gasteiger partial charge is 0.276 e. The third-order valence-corrected chi connectivity index (χ3v) is 5.71. The van der Waals surface area contributed by atoms with Crippen molar-refractivity contribution in [3.05, 3.63) is 74.5 Å². The lowest BCUT2D eigenvalue weighted by molar-refractivity contribution is -0.122. The molecule has 1 saturated heterocycles. The van der Waals surface area contributed by atoms with Gasteiger partial charge in [0, 0.05) is 29.4 Å². The molecule has 0 saturated carbocycles. The zero-order chi connectivity index (χ0) is 22.8. The molecule has 1 aromatic carbocycles. The van der Waals surface area contributed by atoms with Gasteiger partial charge in [0.05, 0.1) is 22.8 Å². The highest BCUT2D eigenvalue weighted by Gasteiger charge is 2.31. The number of benzene rings is 1. The van der Waals surface area contributed by atoms with Crippen LogP contribution in [0.2, 0.25) is 15.1 Å². The summed E-state index contributed by atoms with van der Waals surface area (Å²) in [6, 6.07) is 6.55. The molecule has 4 rings (SSSR count). The van der Waals surface area contributed by atoms with Crippen molar-refractivity contribution in [2.24, 2.45) is 0 Å². The van der Waals surface area contributed by atoms with E-state index in [-0.39, 0.29) is 12.5 Å². The molecule has 1 aliphatic heterocycles. The van der Waals surface area contributed by atoms with Crippen LogP contribution in [0.25, 0.3) is 6.08 Å². The van der Waals surface area contributed by atoms with Crippen LogP contribution in [0, 0.1) is 0 Å². The third kappa shape index (κ3) is 4.94. The minimum absolute atomic E-state index is 0.0948. The highest BCUT2D eigenvalue weighted by atomic mass is 35.5. The van der Waals surface area contributed by atoms with Crippen LogP contribution in [0.1, 0.15) is 24.0 Å². The Hall–Kier alpha value is -2.52. The lowest BCUT2D eigenvalue weighted by atomic mass is 10.3. The third-order valence-electron chi connectivity index (χ3n) is 4.60. The Morgan fingerprint density at radius 3 is 2.69 bits per heavy atom. The van der Waals surface area contributed by atoms with Gasteiger partial charge in [-0.25, -0.2) is 0 Å². The van der Waals surface area contributed by atoms with Gasteiger partial charge < -0.3 is 14.5 Å². The monoisotopic (exact) mass is 510 g/mol. The molecule has 2 aromatic heterocycles. The van der Waals surface area contributed by atoms with Gasteiger partial charge in [-0.15, -0.1) is 0 Å². The number of halogens is 3. The molecule has 11 heteroatoms. The molecule has 32 heavy (non-hydrogen) atoms. The lowest BCUT2D eigenvalue weighted by Crippen LogP contribution is -2.29. The Labute approximate surface area is 204 Å². The van der Waals surface area contributed by atoms with E-state index in [9.17, 15) is 4.79 Å². The summed E-state index contributed by atoms with van der Waals surface area (Å²) in [5.74, 6) is 1.06. The summed E-state index contributed by atoms with van der Waals surface area (Å²) in [7, 11) is 0. The van der Waals surface area contributed by atoms with Crippen molar-refractivity contribution >= 4 is 64.1 Å². The van der Waals surface area contributed by atoms with E-state index >= 15 is 0 Å². The fourth-order valence-electron chi connectivity index (χ4n) is 3.06. The Morgan fingerprint density at radius 2 is 2.00 bits per heavy atom. The number of furan rings is 1. The maximum Gasteiger partial charge on any atom is 0.276 e. The maximum atomic E-state index is 12.8. The van der Waals surface area contributed by atoms with Gasteiger partial charge in [0.15, 0.2) is 10.9 Å². The Bertz CT molecular complexity index is 1200. The van der Waals surface area contributed by atoms with Crippen LogP contribution in [0.5, 0.6) is 5.75 Å². The van der Waals surface area contributed by atoms with Gasteiger partial charge in [-0.1, -0.05) is 34.8 Å². The van der Waals surface area contributed by atoms with E-state index in [4.69, 9.17) is 56.2 Å². The van der Waals surface area contributed by atoms with Crippen LogP contribution >= 0.6 is 47.0 Å². The minimum Gasteiger partial charge on any atom is -0.483 e. The van der Waals surface area contributed by atoms with Crippen LogP contribution < -0.4 is 10.1 Å². The molecule has 1 amide bonds. The molecular formula is C21H17Cl3N4O3S. The van der Waals surface area contributed by atoms with Crippen LogP contribution in [-0.2, 0) is 24.5 Å². The van der Waals surface area contributed by atoms with E-state index in [1.165, 1.54) is 4.90 Å². The topological polar surface area (TPSA) is 72.5 Å². The van der Waals surface area contributed by atoms with Gasteiger partial charge in [0.2, 0.25) is 0 Å². The summed E-state index contributed by atoms with van der Waals surface area (Å²) in [5, 5.41) is 8.50. The second kappa shape index (κ2) is 9.54. The number of nitrogens with zero attached hydrogens (tertiary/aromatic N) is 3. The number of amides is 1. The molecule has 1 N–H and O–H groups in total. The molecule has 0 radical (unpaired) electrons. The second-order valence-electron chi connectivity index (χ2n) is 6.88. The molecule has 0 spiro atoms. The molecule has 3 aromatic rings. The Balaban J connectivity index is 1.42. The lowest BCUT2D eigenvalue weighted by Gasteiger charge is -2.12. The fourth-order valence-corrected chi connectivity index (χ4v) is 4.24. The highest BCUT2D eigenvalue weighted by Crippen LogP contribution is 2.36. The standard InChI is InChI=1S/C21H17Cl3N4O3S/c1-2-27-9-12(8-25-27)10-28-20(29)18(26-21(28)32)7-14-3-4-15(31-14)11-30-19-16(23)5-13(22)6-17(19)24/h3-9H,2,10-11H2,1H3,(H,26,32)/b18-7+. The number of nitrogens with one attached hydrogen (secondary N) is 1. The molecule has 0 atom stereocenters. The second-order valence-corrected chi connectivity index (χ2v) is 8.51. The van der Waals surface area contributed by atoms with Gasteiger partial charge >= 0.3 is 0 Å². The summed E-state index contributed by atoms with van der Waals surface area (Å²) in [5.41, 5.74) is 1.21. The van der Waals surface area contributed by atoms with Gasteiger partial charge in [0.1, 0.15) is 23.8 Å². The molecule has 7 nitrogen and oxygen atoms in total. The Morgan fingerprint density at radius 1 is 1.25 bits per heavy atom. The first-order valence-electron chi connectivity index (χ1n) is 9.56. The maximum absolute atomic E-state index is 12.8. The van der Waals surface area contributed by atoms with Gasteiger partial charge in [-0.05, 0) is 43.4 Å². The number of carbonyl (C=O) groups excluding carboxylic acids is 1. The molecule has 166 valence electrons. The predicted molar refractivity (Wildman–Crippen MR) is 127 cm³/mol. The molecule has 1 aliphatic rings. The van der Waals surface area contributed by atoms with E-state index in [1.807, 2.05) is 13.1 Å². The SMILES string of the molecule is CCn1cc(CN2C(=O)/C(=C\c3ccc(COc4c(Cl)cc(Cl)cc4Cl)o3)NC2=S)cn1. The number of ether oxygens (including phenoxy) is 1. The first-order chi connectivity index (χ1) is 15.3. The average Bonchev–Trinajstić information content (AvgIpc) is 3.44. The molecule has 0 aliphatic carbocycles. The normalized spacial score (nSPS) is 15.0. The first kappa shape index (κ1) is 22.7. The van der Waals surface area contributed by atoms with Crippen molar-refractivity contribution in [2.75, 3.05) is 0 Å². The molecule has 1 fully saturated rings. The molecule has 0 bridgehead atoms. The van der Waals surface area contributed by atoms with E-state index in [0.29, 0.717) is 49.7 Å². The zero-order valence-electron chi connectivity index (χ0n) is 16.8. The average molecular weight is 512 g/mol. The quantitative estimate of drug-likeness (QED) is 0.343. The van der Waals surface area contributed by atoms with Crippen molar-refractivity contribution in [3.8, 4) is 5.75 Å². The summed E-state index contributed by atoms with van der Waals surface area (Å²) in [4.78, 5) is 14.3. The van der Waals surface area contributed by atoms with Crippen molar-refractivity contribution in [1.82, 2.24) is 20.0 Å². The largest absolute Gasteiger partial charge is 0.483 e. The van der Waals surface area contributed by atoms with E-state index < -0.39 is 0 Å². The number of thiocarbonyl (C=S) groups is 1. The van der Waals surface area contributed by atoms with E-state index in [0.717, 1.165) is 12.1 Å². The summed E-state index contributed by atoms with van der Waals surface area (Å²) >= 11 is 23.5. The molecular weight excluding hydrogens is 495 g/mol. The molecule has 3 heterocycles. The van der Waals surface area contributed by atoms with Crippen LogP contribution in [0.4, 0.5) is 0 Å². The zero-order valence-corrected chi connectivity index (χ0v) is 19.9. The van der Waals surface area contributed by atoms with E-state index in [1.54, 1.807) is 41.2 Å². The van der Waals surface area contributed by atoms with Gasteiger partial charge in [0.25, 0.3) is 5.91 Å². The Kier molecular flexibility index (Phi) is 6.76. The van der Waals surface area contributed by atoms with Crippen molar-refractivity contribution in [2.45, 2.75) is 26.6 Å². The number of carbonyl (C=O) groups is 1. The number of aryl methyl sites for hydroxylation is 1. The number of aromatic nitrogens is 2. The van der Waals surface area contributed by atoms with Crippen LogP contribution in [-0.4, -0.2) is 25.7 Å².